The summed E-state index contributed by atoms with van der Waals surface area (Å²) in [6.07, 6.45) is 6.75. The summed E-state index contributed by atoms with van der Waals surface area (Å²) in [5.74, 6) is -1.49. The van der Waals surface area contributed by atoms with E-state index in [1.165, 1.54) is 12.5 Å². The lowest BCUT2D eigenvalue weighted by Gasteiger charge is -2.40. The van der Waals surface area contributed by atoms with Gasteiger partial charge in [-0.2, -0.15) is 0 Å². The highest BCUT2D eigenvalue weighted by Crippen LogP contribution is 2.31. The van der Waals surface area contributed by atoms with Crippen LogP contribution in [0.4, 0.5) is 5.69 Å². The second-order valence-electron chi connectivity index (χ2n) is 8.74. The maximum atomic E-state index is 13.4. The average Bonchev–Trinajstić information content (AvgIpc) is 3.29. The first kappa shape index (κ1) is 24.7. The number of ether oxygens (including phenoxy) is 1. The van der Waals surface area contributed by atoms with Gasteiger partial charge in [0.25, 0.3) is 11.8 Å². The number of halogens is 1. The molecule has 1 aliphatic carbocycles. The highest BCUT2D eigenvalue weighted by Gasteiger charge is 2.37. The van der Waals surface area contributed by atoms with Crippen LogP contribution in [0.25, 0.3) is 0 Å². The molecule has 33 heavy (non-hydrogen) atoms. The van der Waals surface area contributed by atoms with Gasteiger partial charge < -0.3 is 25.7 Å². The Labute approximate surface area is 197 Å². The van der Waals surface area contributed by atoms with Crippen LogP contribution >= 0.6 is 11.6 Å². The summed E-state index contributed by atoms with van der Waals surface area (Å²) in [6, 6.07) is 1.47. The molecule has 1 fully saturated rings. The third-order valence-electron chi connectivity index (χ3n) is 5.99. The van der Waals surface area contributed by atoms with E-state index in [4.69, 9.17) is 22.1 Å². The minimum absolute atomic E-state index is 0.0134. The largest absolute Gasteiger partial charge is 0.377 e. The Morgan fingerprint density at radius 2 is 2.00 bits per heavy atom. The van der Waals surface area contributed by atoms with Crippen LogP contribution < -0.4 is 11.1 Å². The number of carbonyl (C=O) groups excluding carboxylic acids is 3. The molecular weight excluding hydrogens is 448 g/mol. The van der Waals surface area contributed by atoms with Crippen molar-refractivity contribution in [3.63, 3.8) is 0 Å². The quantitative estimate of drug-likeness (QED) is 0.534. The lowest BCUT2D eigenvalue weighted by Crippen LogP contribution is -2.50. The maximum absolute atomic E-state index is 13.4. The van der Waals surface area contributed by atoms with Crippen molar-refractivity contribution < 1.29 is 19.1 Å². The molecule has 2 aromatic rings. The van der Waals surface area contributed by atoms with Gasteiger partial charge in [0.15, 0.2) is 5.69 Å². The molecule has 2 aromatic heterocycles. The number of H-pyrrole nitrogens is 1. The molecule has 3 amide bonds. The van der Waals surface area contributed by atoms with Gasteiger partial charge in [-0.25, -0.2) is 4.98 Å². The molecule has 0 bridgehead atoms. The van der Waals surface area contributed by atoms with Crippen molar-refractivity contribution >= 4 is 35.0 Å². The number of nitrogens with zero attached hydrogens (tertiary/aromatic N) is 3. The molecule has 3 rings (SSSR count). The first-order valence-electron chi connectivity index (χ1n) is 10.7. The summed E-state index contributed by atoms with van der Waals surface area (Å²) < 4.78 is 5.54. The van der Waals surface area contributed by atoms with Crippen LogP contribution in [-0.2, 0) is 9.53 Å². The average molecular weight is 477 g/mol. The van der Waals surface area contributed by atoms with Crippen LogP contribution in [0.15, 0.2) is 24.8 Å². The molecule has 1 saturated carbocycles. The molecule has 1 aliphatic rings. The number of rotatable bonds is 8. The highest BCUT2D eigenvalue weighted by molar-refractivity contribution is 6.33. The van der Waals surface area contributed by atoms with Gasteiger partial charge in [0.1, 0.15) is 5.69 Å². The van der Waals surface area contributed by atoms with Gasteiger partial charge in [-0.1, -0.05) is 11.6 Å². The van der Waals surface area contributed by atoms with Crippen LogP contribution in [-0.4, -0.2) is 62.9 Å². The number of aromatic amines is 1. The molecule has 11 heteroatoms. The fourth-order valence-corrected chi connectivity index (χ4v) is 4.13. The fourth-order valence-electron chi connectivity index (χ4n) is 3.98. The molecule has 0 unspecified atom stereocenters. The minimum Gasteiger partial charge on any atom is -0.377 e. The number of carbonyl (C=O) groups is 3. The summed E-state index contributed by atoms with van der Waals surface area (Å²) in [4.78, 5) is 50.2. The Morgan fingerprint density at radius 1 is 1.30 bits per heavy atom. The highest BCUT2D eigenvalue weighted by atomic mass is 35.5. The number of methoxy groups -OCH3 is 1. The van der Waals surface area contributed by atoms with Gasteiger partial charge in [-0.05, 0) is 45.6 Å². The standard InChI is InChI=1S/C22H29ClN6O4/c1-22(2,33-3)11-29(21(32)18-17(19(24)30)26-12-27-18)14-6-4-13(5-7-14)20(31)28-16-10-25-9-8-15(16)23/h8-10,12-14H,4-7,11H2,1-3H3,(H2,24,30)(H,26,27)(H,28,31)/t13-,14-. The zero-order chi connectivity index (χ0) is 24.2. The normalized spacial score (nSPS) is 18.5. The van der Waals surface area contributed by atoms with Crippen molar-refractivity contribution in [1.29, 1.82) is 0 Å². The van der Waals surface area contributed by atoms with E-state index >= 15 is 0 Å². The Hall–Kier alpha value is -2.98. The number of hydrogen-bond donors (Lipinski definition) is 3. The van der Waals surface area contributed by atoms with Crippen LogP contribution in [0.5, 0.6) is 0 Å². The smallest absolute Gasteiger partial charge is 0.275 e. The zero-order valence-electron chi connectivity index (χ0n) is 18.9. The summed E-state index contributed by atoms with van der Waals surface area (Å²) in [5.41, 5.74) is 5.20. The van der Waals surface area contributed by atoms with E-state index in [1.807, 2.05) is 13.8 Å². The van der Waals surface area contributed by atoms with E-state index < -0.39 is 17.4 Å². The van der Waals surface area contributed by atoms with Crippen molar-refractivity contribution in [2.24, 2.45) is 11.7 Å². The van der Waals surface area contributed by atoms with E-state index in [-0.39, 0.29) is 29.3 Å². The van der Waals surface area contributed by atoms with Crippen molar-refractivity contribution in [3.05, 3.63) is 41.2 Å². The van der Waals surface area contributed by atoms with Crippen LogP contribution in [0.3, 0.4) is 0 Å². The van der Waals surface area contributed by atoms with Crippen LogP contribution in [0.2, 0.25) is 5.02 Å². The molecule has 2 heterocycles. The van der Waals surface area contributed by atoms with Gasteiger partial charge in [-0.3, -0.25) is 19.4 Å². The number of nitrogens with two attached hydrogens (primary N) is 1. The monoisotopic (exact) mass is 476 g/mol. The molecular formula is C22H29ClN6O4. The number of aromatic nitrogens is 3. The lowest BCUT2D eigenvalue weighted by atomic mass is 9.84. The second kappa shape index (κ2) is 10.3. The Kier molecular flexibility index (Phi) is 7.70. The SMILES string of the molecule is COC(C)(C)CN(C(=O)c1nc[nH]c1C(N)=O)[C@H]1CC[C@H](C(=O)Nc2cnccc2Cl)CC1. The Bertz CT molecular complexity index is 1020. The van der Waals surface area contributed by atoms with Gasteiger partial charge >= 0.3 is 0 Å². The first-order valence-corrected chi connectivity index (χ1v) is 11.1. The number of anilines is 1. The second-order valence-corrected chi connectivity index (χ2v) is 9.14. The number of hydrogen-bond acceptors (Lipinski definition) is 6. The summed E-state index contributed by atoms with van der Waals surface area (Å²) in [6.45, 7) is 4.05. The third-order valence-corrected chi connectivity index (χ3v) is 6.32. The van der Waals surface area contributed by atoms with Crippen molar-refractivity contribution in [1.82, 2.24) is 19.9 Å². The molecule has 4 N–H and O–H groups in total. The van der Waals surface area contributed by atoms with Crippen molar-refractivity contribution in [3.8, 4) is 0 Å². The van der Waals surface area contributed by atoms with Crippen LogP contribution in [0.1, 0.15) is 60.5 Å². The summed E-state index contributed by atoms with van der Waals surface area (Å²) in [7, 11) is 1.58. The molecule has 178 valence electrons. The Balaban J connectivity index is 1.73. The van der Waals surface area contributed by atoms with E-state index in [1.54, 1.807) is 24.3 Å². The van der Waals surface area contributed by atoms with Crippen molar-refractivity contribution in [2.45, 2.75) is 51.2 Å². The van der Waals surface area contributed by atoms with Crippen molar-refractivity contribution in [2.75, 3.05) is 19.0 Å². The van der Waals surface area contributed by atoms with E-state index in [2.05, 4.69) is 20.3 Å². The molecule has 0 aliphatic heterocycles. The molecule has 0 aromatic carbocycles. The number of amides is 3. The predicted molar refractivity (Wildman–Crippen MR) is 123 cm³/mol. The number of imidazole rings is 1. The molecule has 10 nitrogen and oxygen atoms in total. The third kappa shape index (κ3) is 5.88. The molecule has 0 saturated heterocycles. The van der Waals surface area contributed by atoms with Gasteiger partial charge in [0, 0.05) is 31.8 Å². The number of nitrogens with one attached hydrogen (secondary N) is 2. The fraction of sp³-hybridized carbons (Fsp3) is 0.500. The number of primary amides is 1. The first-order chi connectivity index (χ1) is 15.6. The topological polar surface area (TPSA) is 143 Å². The molecule has 0 radical (unpaired) electrons. The zero-order valence-corrected chi connectivity index (χ0v) is 19.7. The van der Waals surface area contributed by atoms with Gasteiger partial charge in [0.05, 0.1) is 28.8 Å². The number of pyridine rings is 1. The van der Waals surface area contributed by atoms with Gasteiger partial charge in [0.2, 0.25) is 5.91 Å². The van der Waals surface area contributed by atoms with Gasteiger partial charge in [-0.15, -0.1) is 0 Å². The summed E-state index contributed by atoms with van der Waals surface area (Å²) in [5, 5.41) is 3.26. The van der Waals surface area contributed by atoms with Crippen LogP contribution in [0, 0.1) is 5.92 Å². The molecule has 0 atom stereocenters. The van der Waals surface area contributed by atoms with E-state index in [0.29, 0.717) is 42.9 Å². The lowest BCUT2D eigenvalue weighted by molar-refractivity contribution is -0.121. The maximum Gasteiger partial charge on any atom is 0.275 e. The predicted octanol–water partition coefficient (Wildman–Crippen LogP) is 2.62. The van der Waals surface area contributed by atoms with E-state index in [9.17, 15) is 14.4 Å². The minimum atomic E-state index is -0.753. The summed E-state index contributed by atoms with van der Waals surface area (Å²) >= 11 is 6.11. The van der Waals surface area contributed by atoms with E-state index in [0.717, 1.165) is 0 Å². The molecule has 0 spiro atoms. The Morgan fingerprint density at radius 3 is 2.61 bits per heavy atom.